The van der Waals surface area contributed by atoms with Crippen LogP contribution in [0.1, 0.15) is 18.1 Å². The fourth-order valence-electron chi connectivity index (χ4n) is 1.16. The first-order valence-electron chi connectivity index (χ1n) is 3.96. The van der Waals surface area contributed by atoms with E-state index in [2.05, 4.69) is 5.92 Å². The summed E-state index contributed by atoms with van der Waals surface area (Å²) in [6, 6.07) is 7.67. The van der Waals surface area contributed by atoms with Crippen molar-refractivity contribution in [3.8, 4) is 12.3 Å². The third kappa shape index (κ3) is 2.11. The highest BCUT2D eigenvalue weighted by Gasteiger charge is 2.01. The van der Waals surface area contributed by atoms with Gasteiger partial charge in [-0.05, 0) is 25.0 Å². The Morgan fingerprint density at radius 3 is 2.75 bits per heavy atom. The maximum atomic E-state index is 9.16. The lowest BCUT2D eigenvalue weighted by molar-refractivity contribution is 0.195. The van der Waals surface area contributed by atoms with Gasteiger partial charge in [0.15, 0.2) is 0 Å². The van der Waals surface area contributed by atoms with Gasteiger partial charge in [-0.2, -0.15) is 0 Å². The Kier molecular flexibility index (Phi) is 2.90. The van der Waals surface area contributed by atoms with Gasteiger partial charge in [0, 0.05) is 5.56 Å². The predicted octanol–water partition coefficient (Wildman–Crippen LogP) is 1.59. The van der Waals surface area contributed by atoms with E-state index in [0.717, 1.165) is 11.1 Å². The van der Waals surface area contributed by atoms with E-state index in [-0.39, 0.29) is 6.10 Å². The Morgan fingerprint density at radius 1 is 1.50 bits per heavy atom. The Balaban J connectivity index is 2.91. The van der Waals surface area contributed by atoms with Gasteiger partial charge in [0.2, 0.25) is 0 Å². The van der Waals surface area contributed by atoms with Crippen LogP contribution in [-0.2, 0) is 6.42 Å². The van der Waals surface area contributed by atoms with Crippen molar-refractivity contribution in [1.82, 2.24) is 0 Å². The molecule has 1 atom stereocenters. The summed E-state index contributed by atoms with van der Waals surface area (Å²) in [5, 5.41) is 9.16. The smallest absolute Gasteiger partial charge is 0.0552 e. The summed E-state index contributed by atoms with van der Waals surface area (Å²) >= 11 is 0. The molecule has 1 N–H and O–H groups in total. The highest BCUT2D eigenvalue weighted by Crippen LogP contribution is 2.09. The average molecular weight is 160 g/mol. The van der Waals surface area contributed by atoms with Crippen LogP contribution in [0.5, 0.6) is 0 Å². The standard InChI is InChI=1S/C11H12O/c1-3-10-6-4-5-7-11(10)8-9(2)12/h1,4-7,9,12H,8H2,2H3. The minimum atomic E-state index is -0.334. The lowest BCUT2D eigenvalue weighted by Crippen LogP contribution is -2.05. The molecule has 0 aliphatic heterocycles. The van der Waals surface area contributed by atoms with Crippen molar-refractivity contribution in [2.75, 3.05) is 0 Å². The molecule has 12 heavy (non-hydrogen) atoms. The molecule has 1 heteroatoms. The summed E-state index contributed by atoms with van der Waals surface area (Å²) in [5.41, 5.74) is 1.91. The zero-order chi connectivity index (χ0) is 8.97. The molecule has 0 aliphatic rings. The van der Waals surface area contributed by atoms with Crippen molar-refractivity contribution >= 4 is 0 Å². The lowest BCUT2D eigenvalue weighted by atomic mass is 10.0. The van der Waals surface area contributed by atoms with Crippen molar-refractivity contribution < 1.29 is 5.11 Å². The van der Waals surface area contributed by atoms with Crippen LogP contribution in [0, 0.1) is 12.3 Å². The number of aliphatic hydroxyl groups excluding tert-OH is 1. The third-order valence-corrected chi connectivity index (χ3v) is 1.69. The molecule has 0 amide bonds. The molecule has 1 aromatic carbocycles. The molecule has 1 unspecified atom stereocenters. The van der Waals surface area contributed by atoms with Gasteiger partial charge in [0.1, 0.15) is 0 Å². The Labute approximate surface area is 73.0 Å². The fraction of sp³-hybridized carbons (Fsp3) is 0.273. The molecule has 0 saturated carbocycles. The van der Waals surface area contributed by atoms with Gasteiger partial charge in [-0.15, -0.1) is 6.42 Å². The monoisotopic (exact) mass is 160 g/mol. The second-order valence-electron chi connectivity index (χ2n) is 2.85. The van der Waals surface area contributed by atoms with Gasteiger partial charge < -0.3 is 5.11 Å². The molecule has 0 saturated heterocycles. The van der Waals surface area contributed by atoms with Crippen molar-refractivity contribution in [3.05, 3.63) is 35.4 Å². The number of rotatable bonds is 2. The normalized spacial score (nSPS) is 12.1. The van der Waals surface area contributed by atoms with E-state index in [9.17, 15) is 0 Å². The van der Waals surface area contributed by atoms with Gasteiger partial charge in [-0.3, -0.25) is 0 Å². The maximum absolute atomic E-state index is 9.16. The number of aliphatic hydroxyl groups is 1. The first-order chi connectivity index (χ1) is 5.74. The minimum Gasteiger partial charge on any atom is -0.393 e. The van der Waals surface area contributed by atoms with Gasteiger partial charge in [-0.1, -0.05) is 24.1 Å². The van der Waals surface area contributed by atoms with Crippen molar-refractivity contribution in [3.63, 3.8) is 0 Å². The van der Waals surface area contributed by atoms with E-state index in [1.165, 1.54) is 0 Å². The van der Waals surface area contributed by atoms with Crippen LogP contribution in [0.15, 0.2) is 24.3 Å². The molecule has 0 fully saturated rings. The van der Waals surface area contributed by atoms with Crippen LogP contribution < -0.4 is 0 Å². The molecular weight excluding hydrogens is 148 g/mol. The number of hydrogen-bond donors (Lipinski definition) is 1. The molecule has 0 heterocycles. The Hall–Kier alpha value is -1.26. The average Bonchev–Trinajstić information content (AvgIpc) is 2.04. The molecule has 0 aromatic heterocycles. The minimum absolute atomic E-state index is 0.334. The van der Waals surface area contributed by atoms with Crippen LogP contribution in [-0.4, -0.2) is 11.2 Å². The van der Waals surface area contributed by atoms with Crippen LogP contribution in [0.25, 0.3) is 0 Å². The fourth-order valence-corrected chi connectivity index (χ4v) is 1.16. The van der Waals surface area contributed by atoms with Gasteiger partial charge >= 0.3 is 0 Å². The van der Waals surface area contributed by atoms with Gasteiger partial charge in [-0.25, -0.2) is 0 Å². The summed E-state index contributed by atoms with van der Waals surface area (Å²) in [4.78, 5) is 0. The SMILES string of the molecule is C#Cc1ccccc1CC(C)O. The molecular formula is C11H12O. The zero-order valence-electron chi connectivity index (χ0n) is 7.12. The van der Waals surface area contributed by atoms with E-state index in [1.54, 1.807) is 6.92 Å². The quantitative estimate of drug-likeness (QED) is 0.651. The summed E-state index contributed by atoms with van der Waals surface area (Å²) < 4.78 is 0. The number of terminal acetylenes is 1. The molecule has 0 bridgehead atoms. The van der Waals surface area contributed by atoms with Crippen LogP contribution in [0.4, 0.5) is 0 Å². The van der Waals surface area contributed by atoms with E-state index in [0.29, 0.717) is 6.42 Å². The molecule has 0 radical (unpaired) electrons. The van der Waals surface area contributed by atoms with Crippen LogP contribution in [0.2, 0.25) is 0 Å². The lowest BCUT2D eigenvalue weighted by Gasteiger charge is -2.05. The van der Waals surface area contributed by atoms with Crippen molar-refractivity contribution in [2.45, 2.75) is 19.4 Å². The second-order valence-corrected chi connectivity index (χ2v) is 2.85. The maximum Gasteiger partial charge on any atom is 0.0552 e. The Morgan fingerprint density at radius 2 is 2.17 bits per heavy atom. The van der Waals surface area contributed by atoms with E-state index >= 15 is 0 Å². The number of hydrogen-bond acceptors (Lipinski definition) is 1. The summed E-state index contributed by atoms with van der Waals surface area (Å²) in [6.07, 6.45) is 5.59. The largest absolute Gasteiger partial charge is 0.393 e. The molecule has 62 valence electrons. The first-order valence-corrected chi connectivity index (χ1v) is 3.96. The van der Waals surface area contributed by atoms with Gasteiger partial charge in [0.05, 0.1) is 6.10 Å². The Bertz CT molecular complexity index is 294. The van der Waals surface area contributed by atoms with Crippen LogP contribution >= 0.6 is 0 Å². The highest BCUT2D eigenvalue weighted by molar-refractivity contribution is 5.39. The number of benzene rings is 1. The van der Waals surface area contributed by atoms with E-state index in [4.69, 9.17) is 11.5 Å². The topological polar surface area (TPSA) is 20.2 Å². The van der Waals surface area contributed by atoms with Crippen LogP contribution in [0.3, 0.4) is 0 Å². The molecule has 1 rings (SSSR count). The highest BCUT2D eigenvalue weighted by atomic mass is 16.3. The van der Waals surface area contributed by atoms with E-state index in [1.807, 2.05) is 24.3 Å². The summed E-state index contributed by atoms with van der Waals surface area (Å²) in [7, 11) is 0. The second kappa shape index (κ2) is 3.94. The molecule has 0 spiro atoms. The van der Waals surface area contributed by atoms with E-state index < -0.39 is 0 Å². The third-order valence-electron chi connectivity index (χ3n) is 1.69. The molecule has 1 nitrogen and oxygen atoms in total. The molecule has 1 aromatic rings. The summed E-state index contributed by atoms with van der Waals surface area (Å²) in [6.45, 7) is 1.76. The first kappa shape index (κ1) is 8.83. The summed E-state index contributed by atoms with van der Waals surface area (Å²) in [5.74, 6) is 2.59. The molecule has 0 aliphatic carbocycles. The van der Waals surface area contributed by atoms with Crippen molar-refractivity contribution in [2.24, 2.45) is 0 Å². The zero-order valence-corrected chi connectivity index (χ0v) is 7.12. The predicted molar refractivity (Wildman–Crippen MR) is 49.8 cm³/mol. The van der Waals surface area contributed by atoms with Gasteiger partial charge in [0.25, 0.3) is 0 Å². The van der Waals surface area contributed by atoms with Crippen molar-refractivity contribution in [1.29, 1.82) is 0 Å².